The molecule has 0 aliphatic heterocycles. The molecule has 0 saturated heterocycles. The number of nitrogens with one attached hydrogen (secondary N) is 1. The molecule has 110 valence electrons. The first kappa shape index (κ1) is 15.9. The predicted molar refractivity (Wildman–Crippen MR) is 89.0 cm³/mol. The van der Waals surface area contributed by atoms with Crippen LogP contribution in [0.2, 0.25) is 5.02 Å². The maximum absolute atomic E-state index is 11.6. The summed E-state index contributed by atoms with van der Waals surface area (Å²) in [5.41, 5.74) is 3.52. The summed E-state index contributed by atoms with van der Waals surface area (Å²) in [5, 5.41) is 4.01. The number of halogens is 2. The van der Waals surface area contributed by atoms with Crippen molar-refractivity contribution in [3.05, 3.63) is 62.6 Å². The second kappa shape index (κ2) is 6.96. The van der Waals surface area contributed by atoms with E-state index in [0.717, 1.165) is 21.3 Å². The lowest BCUT2D eigenvalue weighted by Crippen LogP contribution is -2.05. The van der Waals surface area contributed by atoms with Gasteiger partial charge < -0.3 is 10.1 Å². The molecule has 5 heteroatoms. The monoisotopic (exact) mass is 367 g/mol. The average Bonchev–Trinajstić information content (AvgIpc) is 2.48. The number of hydrogen-bond acceptors (Lipinski definition) is 3. The van der Waals surface area contributed by atoms with Gasteiger partial charge in [0.1, 0.15) is 0 Å². The standard InChI is InChI=1S/C16H15BrClNO2/c1-10-3-4-11(16(20)21-2)8-15(10)19-9-12-7-13(18)5-6-14(12)17/h3-8,19H,9H2,1-2H3. The van der Waals surface area contributed by atoms with E-state index in [1.165, 1.54) is 7.11 Å². The van der Waals surface area contributed by atoms with Crippen LogP contribution in [0.15, 0.2) is 40.9 Å². The van der Waals surface area contributed by atoms with Crippen molar-refractivity contribution in [2.45, 2.75) is 13.5 Å². The van der Waals surface area contributed by atoms with Crippen LogP contribution < -0.4 is 5.32 Å². The van der Waals surface area contributed by atoms with Gasteiger partial charge in [0.2, 0.25) is 0 Å². The van der Waals surface area contributed by atoms with Crippen molar-refractivity contribution in [1.29, 1.82) is 0 Å². The molecule has 0 aliphatic carbocycles. The number of anilines is 1. The Morgan fingerprint density at radius 3 is 2.76 bits per heavy atom. The maximum atomic E-state index is 11.6. The lowest BCUT2D eigenvalue weighted by Gasteiger charge is -2.12. The third-order valence-electron chi connectivity index (χ3n) is 3.14. The zero-order valence-corrected chi connectivity index (χ0v) is 14.1. The molecule has 2 aromatic carbocycles. The molecule has 0 spiro atoms. The smallest absolute Gasteiger partial charge is 0.337 e. The first-order chi connectivity index (χ1) is 10.0. The minimum atomic E-state index is -0.345. The summed E-state index contributed by atoms with van der Waals surface area (Å²) in [7, 11) is 1.37. The maximum Gasteiger partial charge on any atom is 0.337 e. The fourth-order valence-electron chi connectivity index (χ4n) is 1.93. The molecule has 0 amide bonds. The number of carbonyl (C=O) groups excluding carboxylic acids is 1. The van der Waals surface area contributed by atoms with Gasteiger partial charge >= 0.3 is 5.97 Å². The number of esters is 1. The summed E-state index contributed by atoms with van der Waals surface area (Å²) < 4.78 is 5.72. The van der Waals surface area contributed by atoms with E-state index in [2.05, 4.69) is 21.2 Å². The fourth-order valence-corrected chi connectivity index (χ4v) is 2.51. The summed E-state index contributed by atoms with van der Waals surface area (Å²) >= 11 is 9.50. The van der Waals surface area contributed by atoms with Gasteiger partial charge in [0.25, 0.3) is 0 Å². The van der Waals surface area contributed by atoms with E-state index in [-0.39, 0.29) is 5.97 Å². The number of carbonyl (C=O) groups is 1. The third kappa shape index (κ3) is 3.99. The first-order valence-corrected chi connectivity index (χ1v) is 7.55. The van der Waals surface area contributed by atoms with Crippen LogP contribution in [0.5, 0.6) is 0 Å². The Bertz CT molecular complexity index is 673. The van der Waals surface area contributed by atoms with Gasteiger partial charge in [0.05, 0.1) is 12.7 Å². The summed E-state index contributed by atoms with van der Waals surface area (Å²) in [5.74, 6) is -0.345. The molecule has 0 fully saturated rings. The van der Waals surface area contributed by atoms with Gasteiger partial charge in [-0.3, -0.25) is 0 Å². The van der Waals surface area contributed by atoms with Gasteiger partial charge in [-0.15, -0.1) is 0 Å². The van der Waals surface area contributed by atoms with Crippen molar-refractivity contribution in [1.82, 2.24) is 0 Å². The van der Waals surface area contributed by atoms with Gasteiger partial charge in [-0.05, 0) is 48.4 Å². The molecule has 0 heterocycles. The predicted octanol–water partition coefficient (Wildman–Crippen LogP) is 4.81. The van der Waals surface area contributed by atoms with Crippen LogP contribution in [0.1, 0.15) is 21.5 Å². The molecule has 0 radical (unpaired) electrons. The molecule has 21 heavy (non-hydrogen) atoms. The van der Waals surface area contributed by atoms with Crippen LogP contribution in [-0.4, -0.2) is 13.1 Å². The van der Waals surface area contributed by atoms with Crippen molar-refractivity contribution < 1.29 is 9.53 Å². The molecular weight excluding hydrogens is 354 g/mol. The fraction of sp³-hybridized carbons (Fsp3) is 0.188. The lowest BCUT2D eigenvalue weighted by molar-refractivity contribution is 0.0601. The van der Waals surface area contributed by atoms with Gasteiger partial charge in [-0.25, -0.2) is 4.79 Å². The first-order valence-electron chi connectivity index (χ1n) is 6.38. The van der Waals surface area contributed by atoms with Gasteiger partial charge in [0, 0.05) is 21.7 Å². The minimum Gasteiger partial charge on any atom is -0.465 e. The average molecular weight is 369 g/mol. The van der Waals surface area contributed by atoms with Crippen LogP contribution in [0, 0.1) is 6.92 Å². The van der Waals surface area contributed by atoms with Crippen LogP contribution >= 0.6 is 27.5 Å². The molecule has 2 aromatic rings. The Labute approximate surface area is 137 Å². The zero-order chi connectivity index (χ0) is 15.4. The number of hydrogen-bond donors (Lipinski definition) is 1. The highest BCUT2D eigenvalue weighted by atomic mass is 79.9. The Hall–Kier alpha value is -1.52. The SMILES string of the molecule is COC(=O)c1ccc(C)c(NCc2cc(Cl)ccc2Br)c1. The molecule has 0 atom stereocenters. The van der Waals surface area contributed by atoms with Crippen LogP contribution in [0.25, 0.3) is 0 Å². The van der Waals surface area contributed by atoms with E-state index in [1.54, 1.807) is 12.1 Å². The largest absolute Gasteiger partial charge is 0.465 e. The van der Waals surface area contributed by atoms with E-state index >= 15 is 0 Å². The summed E-state index contributed by atoms with van der Waals surface area (Å²) in [6.07, 6.45) is 0. The number of aryl methyl sites for hydroxylation is 1. The van der Waals surface area contributed by atoms with Crippen LogP contribution in [0.3, 0.4) is 0 Å². The number of benzene rings is 2. The Kier molecular flexibility index (Phi) is 5.26. The highest BCUT2D eigenvalue weighted by molar-refractivity contribution is 9.10. The topological polar surface area (TPSA) is 38.3 Å². The Morgan fingerprint density at radius 1 is 1.29 bits per heavy atom. The van der Waals surface area contributed by atoms with Crippen LogP contribution in [0.4, 0.5) is 5.69 Å². The highest BCUT2D eigenvalue weighted by Gasteiger charge is 2.08. The van der Waals surface area contributed by atoms with E-state index < -0.39 is 0 Å². The minimum absolute atomic E-state index is 0.345. The summed E-state index contributed by atoms with van der Waals surface area (Å²) in [4.78, 5) is 11.6. The molecule has 0 aliphatic rings. The van der Waals surface area contributed by atoms with Crippen LogP contribution in [-0.2, 0) is 11.3 Å². The van der Waals surface area contributed by atoms with Gasteiger partial charge in [0.15, 0.2) is 0 Å². The van der Waals surface area contributed by atoms with Crippen molar-refractivity contribution in [3.63, 3.8) is 0 Å². The second-order valence-electron chi connectivity index (χ2n) is 4.61. The summed E-state index contributed by atoms with van der Waals surface area (Å²) in [6, 6.07) is 11.1. The normalized spacial score (nSPS) is 10.3. The number of rotatable bonds is 4. The summed E-state index contributed by atoms with van der Waals surface area (Å²) in [6.45, 7) is 2.59. The molecule has 1 N–H and O–H groups in total. The second-order valence-corrected chi connectivity index (χ2v) is 5.90. The number of ether oxygens (including phenoxy) is 1. The van der Waals surface area contributed by atoms with Crippen molar-refractivity contribution in [2.24, 2.45) is 0 Å². The quantitative estimate of drug-likeness (QED) is 0.787. The Balaban J connectivity index is 2.19. The highest BCUT2D eigenvalue weighted by Crippen LogP contribution is 2.24. The molecular formula is C16H15BrClNO2. The molecule has 0 unspecified atom stereocenters. The molecule has 2 rings (SSSR count). The van der Waals surface area contributed by atoms with Crippen molar-refractivity contribution >= 4 is 39.2 Å². The van der Waals surface area contributed by atoms with E-state index in [9.17, 15) is 4.79 Å². The van der Waals surface area contributed by atoms with Crippen molar-refractivity contribution in [3.8, 4) is 0 Å². The Morgan fingerprint density at radius 2 is 2.05 bits per heavy atom. The lowest BCUT2D eigenvalue weighted by atomic mass is 10.1. The van der Waals surface area contributed by atoms with Gasteiger partial charge in [-0.1, -0.05) is 33.6 Å². The zero-order valence-electron chi connectivity index (χ0n) is 11.7. The molecule has 0 aromatic heterocycles. The van der Waals surface area contributed by atoms with E-state index in [1.807, 2.05) is 31.2 Å². The van der Waals surface area contributed by atoms with E-state index in [4.69, 9.17) is 16.3 Å². The molecule has 0 saturated carbocycles. The number of methoxy groups -OCH3 is 1. The molecule has 3 nitrogen and oxygen atoms in total. The van der Waals surface area contributed by atoms with Gasteiger partial charge in [-0.2, -0.15) is 0 Å². The van der Waals surface area contributed by atoms with E-state index in [0.29, 0.717) is 17.1 Å². The van der Waals surface area contributed by atoms with Crippen molar-refractivity contribution in [2.75, 3.05) is 12.4 Å². The third-order valence-corrected chi connectivity index (χ3v) is 4.14. The molecule has 0 bridgehead atoms.